The molecule has 0 atom stereocenters. The number of benzene rings is 2. The van der Waals surface area contributed by atoms with E-state index in [1.807, 2.05) is 61.5 Å². The van der Waals surface area contributed by atoms with Crippen LogP contribution in [0.2, 0.25) is 0 Å². The predicted molar refractivity (Wildman–Crippen MR) is 69.7 cm³/mol. The lowest BCUT2D eigenvalue weighted by Gasteiger charge is -1.99. The van der Waals surface area contributed by atoms with Crippen LogP contribution >= 0.6 is 11.6 Å². The van der Waals surface area contributed by atoms with E-state index >= 15 is 0 Å². The zero-order valence-corrected chi connectivity index (χ0v) is 9.78. The highest BCUT2D eigenvalue weighted by molar-refractivity contribution is 6.69. The number of hydrogen-bond donors (Lipinski definition) is 0. The van der Waals surface area contributed by atoms with Gasteiger partial charge >= 0.3 is 0 Å². The minimum atomic E-state index is 0.518. The molecule has 0 unspecified atom stereocenters. The second kappa shape index (κ2) is 4.95. The third-order valence-electron chi connectivity index (χ3n) is 2.27. The Morgan fingerprint density at radius 3 is 2.19 bits per heavy atom. The van der Waals surface area contributed by atoms with Crippen molar-refractivity contribution in [2.45, 2.75) is 6.92 Å². The van der Waals surface area contributed by atoms with Crippen molar-refractivity contribution in [3.05, 3.63) is 65.7 Å². The smallest absolute Gasteiger partial charge is 0.136 e. The normalized spacial score (nSPS) is 11.5. The van der Waals surface area contributed by atoms with E-state index in [0.29, 0.717) is 5.17 Å². The molecular formula is C14H12ClN. The van der Waals surface area contributed by atoms with Crippen molar-refractivity contribution in [3.63, 3.8) is 0 Å². The summed E-state index contributed by atoms with van der Waals surface area (Å²) in [6, 6.07) is 17.7. The summed E-state index contributed by atoms with van der Waals surface area (Å²) in [5, 5.41) is 0.518. The molecule has 0 bridgehead atoms. The van der Waals surface area contributed by atoms with Crippen molar-refractivity contribution < 1.29 is 0 Å². The Labute approximate surface area is 100 Å². The molecule has 2 rings (SSSR count). The van der Waals surface area contributed by atoms with Crippen LogP contribution in [-0.2, 0) is 0 Å². The van der Waals surface area contributed by atoms with Gasteiger partial charge in [-0.05, 0) is 19.1 Å². The lowest BCUT2D eigenvalue weighted by molar-refractivity contribution is 1.43. The molecule has 0 N–H and O–H groups in total. The first-order chi connectivity index (χ1) is 7.75. The molecule has 0 amide bonds. The summed E-state index contributed by atoms with van der Waals surface area (Å²) in [7, 11) is 0. The predicted octanol–water partition coefficient (Wildman–Crippen LogP) is 4.31. The van der Waals surface area contributed by atoms with Gasteiger partial charge in [0.15, 0.2) is 0 Å². The molecule has 1 nitrogen and oxygen atoms in total. The summed E-state index contributed by atoms with van der Waals surface area (Å²) in [5.74, 6) is 0. The molecule has 0 saturated heterocycles. The Kier molecular flexibility index (Phi) is 3.37. The maximum atomic E-state index is 6.13. The lowest BCUT2D eigenvalue weighted by atomic mass is 10.2. The number of rotatable bonds is 2. The molecule has 16 heavy (non-hydrogen) atoms. The standard InChI is InChI=1S/C14H12ClN/c1-11-7-9-13(10-8-11)16-14(15)12-5-3-2-4-6-12/h2-10H,1H3. The van der Waals surface area contributed by atoms with Crippen LogP contribution in [0.3, 0.4) is 0 Å². The van der Waals surface area contributed by atoms with E-state index in [9.17, 15) is 0 Å². The van der Waals surface area contributed by atoms with Crippen LogP contribution in [0.4, 0.5) is 5.69 Å². The van der Waals surface area contributed by atoms with Crippen molar-refractivity contribution in [2.75, 3.05) is 0 Å². The molecule has 2 heteroatoms. The van der Waals surface area contributed by atoms with Crippen LogP contribution in [-0.4, -0.2) is 5.17 Å². The molecule has 0 fully saturated rings. The first-order valence-electron chi connectivity index (χ1n) is 5.12. The quantitative estimate of drug-likeness (QED) is 0.681. The van der Waals surface area contributed by atoms with Gasteiger partial charge in [0.2, 0.25) is 0 Å². The third-order valence-corrected chi connectivity index (χ3v) is 2.58. The number of halogens is 1. The first kappa shape index (κ1) is 10.9. The number of aryl methyl sites for hydroxylation is 1. The lowest BCUT2D eigenvalue weighted by Crippen LogP contribution is -1.88. The van der Waals surface area contributed by atoms with Gasteiger partial charge in [-0.15, -0.1) is 0 Å². The molecule has 0 heterocycles. The molecule has 0 radical (unpaired) electrons. The van der Waals surface area contributed by atoms with Crippen molar-refractivity contribution in [2.24, 2.45) is 4.99 Å². The highest BCUT2D eigenvalue weighted by Crippen LogP contribution is 2.16. The van der Waals surface area contributed by atoms with Crippen LogP contribution in [0.25, 0.3) is 0 Å². The van der Waals surface area contributed by atoms with Gasteiger partial charge in [-0.3, -0.25) is 0 Å². The SMILES string of the molecule is Cc1ccc(N=C(Cl)c2ccccc2)cc1. The molecular weight excluding hydrogens is 218 g/mol. The molecule has 0 aliphatic heterocycles. The van der Waals surface area contributed by atoms with E-state index in [-0.39, 0.29) is 0 Å². The van der Waals surface area contributed by atoms with Gasteiger partial charge in [0.1, 0.15) is 5.17 Å². The van der Waals surface area contributed by atoms with Crippen molar-refractivity contribution >= 4 is 22.5 Å². The van der Waals surface area contributed by atoms with Crippen molar-refractivity contribution in [1.82, 2.24) is 0 Å². The summed E-state index contributed by atoms with van der Waals surface area (Å²) >= 11 is 6.13. The summed E-state index contributed by atoms with van der Waals surface area (Å²) in [4.78, 5) is 4.35. The van der Waals surface area contributed by atoms with E-state index in [4.69, 9.17) is 11.6 Å². The fourth-order valence-corrected chi connectivity index (χ4v) is 1.60. The Morgan fingerprint density at radius 1 is 0.938 bits per heavy atom. The van der Waals surface area contributed by atoms with Gasteiger partial charge in [0.05, 0.1) is 5.69 Å². The minimum absolute atomic E-state index is 0.518. The Bertz CT molecular complexity index is 486. The average Bonchev–Trinajstić information content (AvgIpc) is 2.33. The molecule has 2 aromatic rings. The Morgan fingerprint density at radius 2 is 1.56 bits per heavy atom. The molecule has 80 valence electrons. The zero-order valence-electron chi connectivity index (χ0n) is 9.02. The van der Waals surface area contributed by atoms with Gasteiger partial charge in [-0.25, -0.2) is 4.99 Å². The fraction of sp³-hybridized carbons (Fsp3) is 0.0714. The van der Waals surface area contributed by atoms with Crippen LogP contribution in [0.15, 0.2) is 59.6 Å². The number of hydrogen-bond acceptors (Lipinski definition) is 1. The molecule has 0 spiro atoms. The van der Waals surface area contributed by atoms with Crippen LogP contribution in [0, 0.1) is 6.92 Å². The Balaban J connectivity index is 2.28. The van der Waals surface area contributed by atoms with Crippen LogP contribution < -0.4 is 0 Å². The second-order valence-corrected chi connectivity index (χ2v) is 3.96. The highest BCUT2D eigenvalue weighted by Gasteiger charge is 1.98. The fourth-order valence-electron chi connectivity index (χ4n) is 1.37. The topological polar surface area (TPSA) is 12.4 Å². The average molecular weight is 230 g/mol. The highest BCUT2D eigenvalue weighted by atomic mass is 35.5. The van der Waals surface area contributed by atoms with Crippen molar-refractivity contribution in [1.29, 1.82) is 0 Å². The summed E-state index contributed by atoms with van der Waals surface area (Å²) in [6.07, 6.45) is 0. The molecule has 0 aliphatic carbocycles. The number of nitrogens with zero attached hydrogens (tertiary/aromatic N) is 1. The third kappa shape index (κ3) is 2.71. The minimum Gasteiger partial charge on any atom is -0.236 e. The molecule has 0 aliphatic rings. The summed E-state index contributed by atoms with van der Waals surface area (Å²) < 4.78 is 0. The summed E-state index contributed by atoms with van der Waals surface area (Å²) in [5.41, 5.74) is 3.03. The van der Waals surface area contributed by atoms with Gasteiger partial charge in [0.25, 0.3) is 0 Å². The zero-order chi connectivity index (χ0) is 11.4. The van der Waals surface area contributed by atoms with E-state index < -0.39 is 0 Å². The van der Waals surface area contributed by atoms with Crippen molar-refractivity contribution in [3.8, 4) is 0 Å². The first-order valence-corrected chi connectivity index (χ1v) is 5.50. The summed E-state index contributed by atoms with van der Waals surface area (Å²) in [6.45, 7) is 2.05. The molecule has 0 aromatic heterocycles. The molecule has 0 saturated carbocycles. The van der Waals surface area contributed by atoms with E-state index in [2.05, 4.69) is 4.99 Å². The maximum Gasteiger partial charge on any atom is 0.136 e. The van der Waals surface area contributed by atoms with E-state index in [1.54, 1.807) is 0 Å². The van der Waals surface area contributed by atoms with Gasteiger partial charge in [0, 0.05) is 5.56 Å². The van der Waals surface area contributed by atoms with Crippen LogP contribution in [0.5, 0.6) is 0 Å². The number of aliphatic imine (C=N–C) groups is 1. The largest absolute Gasteiger partial charge is 0.236 e. The van der Waals surface area contributed by atoms with E-state index in [0.717, 1.165) is 11.3 Å². The van der Waals surface area contributed by atoms with Gasteiger partial charge in [-0.2, -0.15) is 0 Å². The van der Waals surface area contributed by atoms with E-state index in [1.165, 1.54) is 5.56 Å². The maximum absolute atomic E-state index is 6.13. The monoisotopic (exact) mass is 229 g/mol. The van der Waals surface area contributed by atoms with Gasteiger partial charge in [-0.1, -0.05) is 59.6 Å². The van der Waals surface area contributed by atoms with Gasteiger partial charge < -0.3 is 0 Å². The molecule has 2 aromatic carbocycles. The Hall–Kier alpha value is -1.60. The van der Waals surface area contributed by atoms with Crippen LogP contribution in [0.1, 0.15) is 11.1 Å². The second-order valence-electron chi connectivity index (χ2n) is 3.60.